The summed E-state index contributed by atoms with van der Waals surface area (Å²) >= 11 is 0. The Morgan fingerprint density at radius 2 is 1.50 bits per heavy atom. The second-order valence-electron chi connectivity index (χ2n) is 12.2. The van der Waals surface area contributed by atoms with Gasteiger partial charge in [0, 0.05) is 19.6 Å². The Balaban J connectivity index is 2.00. The van der Waals surface area contributed by atoms with E-state index in [1.165, 1.54) is 31.2 Å². The fourth-order valence-corrected chi connectivity index (χ4v) is 6.97. The van der Waals surface area contributed by atoms with Crippen molar-refractivity contribution >= 4 is 34.1 Å². The maximum Gasteiger partial charge on any atom is 0.408 e. The third kappa shape index (κ3) is 11.7. The van der Waals surface area contributed by atoms with E-state index < -0.39 is 65.4 Å². The second-order valence-corrected chi connectivity index (χ2v) is 14.2. The number of oxime groups is 1. The number of aliphatic hydroxyl groups excluding tert-OH is 1. The quantitative estimate of drug-likeness (QED) is 0.0702. The minimum atomic E-state index is -4.16. The largest absolute Gasteiger partial charge is 0.465 e. The summed E-state index contributed by atoms with van der Waals surface area (Å²) in [5.74, 6) is -1.80. The van der Waals surface area contributed by atoms with E-state index in [9.17, 15) is 33.0 Å². The van der Waals surface area contributed by atoms with E-state index >= 15 is 0 Å². The van der Waals surface area contributed by atoms with E-state index in [-0.39, 0.29) is 30.3 Å². The number of rotatable bonds is 19. The van der Waals surface area contributed by atoms with Gasteiger partial charge < -0.3 is 31.2 Å². The molecule has 0 aliphatic rings. The molecule has 3 rings (SSSR count). The van der Waals surface area contributed by atoms with Crippen molar-refractivity contribution in [3.8, 4) is 0 Å². The standard InChI is InChI=1S/C35H45N5O9S/c1-24(2)20-39(50(47,48)29-16-14-27(15-17-29)19-37-46)22-31(41)30(18-26-10-6-4-7-11-26)38-34(43)33(25(3)49-23-32(36)42)40(35(44)45)21-28-12-8-5-9-13-28/h4-17,19,24-25,30-31,33,41,46H,18,20-23H2,1-3H3,(H2,36,42)(H,38,43)(H,44,45)/t25-,30+,31-,33+/m1/s1. The van der Waals surface area contributed by atoms with Crippen LogP contribution in [-0.4, -0.2) is 101 Å². The number of nitrogens with zero attached hydrogens (tertiary/aromatic N) is 3. The third-order valence-corrected chi connectivity index (χ3v) is 9.60. The molecule has 0 radical (unpaired) electrons. The second kappa shape index (κ2) is 18.8. The summed E-state index contributed by atoms with van der Waals surface area (Å²) < 4.78 is 34.4. The highest BCUT2D eigenvalue weighted by Crippen LogP contribution is 2.21. The Morgan fingerprint density at radius 3 is 2.02 bits per heavy atom. The van der Waals surface area contributed by atoms with E-state index in [0.29, 0.717) is 16.7 Å². The minimum absolute atomic E-state index is 0.0374. The highest BCUT2D eigenvalue weighted by Gasteiger charge is 2.38. The van der Waals surface area contributed by atoms with Crippen LogP contribution in [0.4, 0.5) is 4.79 Å². The highest BCUT2D eigenvalue weighted by atomic mass is 32.2. The van der Waals surface area contributed by atoms with E-state index in [0.717, 1.165) is 15.4 Å². The predicted molar refractivity (Wildman–Crippen MR) is 186 cm³/mol. The van der Waals surface area contributed by atoms with Crippen molar-refractivity contribution < 1.29 is 43.0 Å². The van der Waals surface area contributed by atoms with Gasteiger partial charge in [0.15, 0.2) is 0 Å². The van der Waals surface area contributed by atoms with Crippen molar-refractivity contribution in [2.45, 2.75) is 62.9 Å². The molecule has 15 heteroatoms. The van der Waals surface area contributed by atoms with E-state index in [1.54, 1.807) is 60.7 Å². The Kier molecular flexibility index (Phi) is 14.9. The monoisotopic (exact) mass is 711 g/mol. The van der Waals surface area contributed by atoms with Gasteiger partial charge in [-0.3, -0.25) is 14.5 Å². The zero-order chi connectivity index (χ0) is 36.8. The average Bonchev–Trinajstić information content (AvgIpc) is 3.07. The maximum absolute atomic E-state index is 14.2. The lowest BCUT2D eigenvalue weighted by atomic mass is 9.99. The molecule has 0 saturated carbocycles. The van der Waals surface area contributed by atoms with Crippen LogP contribution in [0.5, 0.6) is 0 Å². The van der Waals surface area contributed by atoms with Crippen molar-refractivity contribution in [3.05, 3.63) is 102 Å². The van der Waals surface area contributed by atoms with Crippen molar-refractivity contribution in [2.24, 2.45) is 16.8 Å². The highest BCUT2D eigenvalue weighted by molar-refractivity contribution is 7.89. The van der Waals surface area contributed by atoms with Crippen LogP contribution in [0.1, 0.15) is 37.5 Å². The van der Waals surface area contributed by atoms with Crippen LogP contribution >= 0.6 is 0 Å². The molecule has 0 saturated heterocycles. The summed E-state index contributed by atoms with van der Waals surface area (Å²) in [6.07, 6.45) is -2.85. The number of amides is 3. The summed E-state index contributed by atoms with van der Waals surface area (Å²) in [4.78, 5) is 39.1. The molecule has 270 valence electrons. The number of ether oxygens (including phenoxy) is 1. The van der Waals surface area contributed by atoms with Gasteiger partial charge in [-0.05, 0) is 48.1 Å². The van der Waals surface area contributed by atoms with E-state index in [1.807, 2.05) is 13.8 Å². The number of aliphatic hydroxyl groups is 1. The van der Waals surface area contributed by atoms with Gasteiger partial charge in [-0.1, -0.05) is 91.8 Å². The Labute approximate surface area is 292 Å². The molecule has 6 N–H and O–H groups in total. The van der Waals surface area contributed by atoms with E-state index in [2.05, 4.69) is 10.5 Å². The molecule has 14 nitrogen and oxygen atoms in total. The van der Waals surface area contributed by atoms with Crippen LogP contribution in [0.15, 0.2) is 95.0 Å². The van der Waals surface area contributed by atoms with Gasteiger partial charge in [0.1, 0.15) is 12.6 Å². The van der Waals surface area contributed by atoms with E-state index in [4.69, 9.17) is 15.7 Å². The molecule has 0 aromatic heterocycles. The molecule has 0 spiro atoms. The van der Waals surface area contributed by atoms with Crippen molar-refractivity contribution in [3.63, 3.8) is 0 Å². The van der Waals surface area contributed by atoms with Gasteiger partial charge in [-0.25, -0.2) is 13.2 Å². The lowest BCUT2D eigenvalue weighted by Crippen LogP contribution is -2.59. The molecule has 0 unspecified atom stereocenters. The van der Waals surface area contributed by atoms with Crippen LogP contribution in [-0.2, 0) is 37.3 Å². The first-order valence-electron chi connectivity index (χ1n) is 16.0. The van der Waals surface area contributed by atoms with Gasteiger partial charge in [-0.2, -0.15) is 4.31 Å². The molecular weight excluding hydrogens is 666 g/mol. The lowest BCUT2D eigenvalue weighted by molar-refractivity contribution is -0.137. The van der Waals surface area contributed by atoms with Crippen LogP contribution in [0.25, 0.3) is 0 Å². The number of nitrogens with two attached hydrogens (primary N) is 1. The first kappa shape index (κ1) is 39.6. The molecule has 3 amide bonds. The van der Waals surface area contributed by atoms with Crippen LogP contribution in [0.3, 0.4) is 0 Å². The first-order chi connectivity index (χ1) is 23.7. The molecule has 3 aromatic rings. The van der Waals surface area contributed by atoms with Gasteiger partial charge in [0.2, 0.25) is 21.8 Å². The van der Waals surface area contributed by atoms with Gasteiger partial charge >= 0.3 is 6.09 Å². The number of carboxylic acid groups (broad SMARTS) is 1. The van der Waals surface area contributed by atoms with Gasteiger partial charge in [-0.15, -0.1) is 0 Å². The topological polar surface area (TPSA) is 212 Å². The third-order valence-electron chi connectivity index (χ3n) is 7.75. The number of carbonyl (C=O) groups is 3. The summed E-state index contributed by atoms with van der Waals surface area (Å²) in [5, 5.41) is 36.5. The number of carbonyl (C=O) groups excluding carboxylic acids is 2. The van der Waals surface area contributed by atoms with Gasteiger partial charge in [0.25, 0.3) is 0 Å². The van der Waals surface area contributed by atoms with Gasteiger partial charge in [0.05, 0.1) is 29.4 Å². The Hall–Kier alpha value is -4.83. The maximum atomic E-state index is 14.2. The van der Waals surface area contributed by atoms with Crippen LogP contribution < -0.4 is 11.1 Å². The van der Waals surface area contributed by atoms with Crippen LogP contribution in [0.2, 0.25) is 0 Å². The van der Waals surface area contributed by atoms with Crippen LogP contribution in [0, 0.1) is 5.92 Å². The summed E-state index contributed by atoms with van der Waals surface area (Å²) in [6, 6.07) is 20.6. The molecule has 0 aliphatic carbocycles. The number of benzene rings is 3. The molecular formula is C35H45N5O9S. The molecule has 3 aromatic carbocycles. The fourth-order valence-electron chi connectivity index (χ4n) is 5.35. The molecule has 0 bridgehead atoms. The predicted octanol–water partition coefficient (Wildman–Crippen LogP) is 2.67. The zero-order valence-corrected chi connectivity index (χ0v) is 29.0. The minimum Gasteiger partial charge on any atom is -0.465 e. The number of hydrogen-bond acceptors (Lipinski definition) is 9. The Bertz CT molecular complexity index is 1670. The molecule has 0 aliphatic heterocycles. The summed E-state index contributed by atoms with van der Waals surface area (Å²) in [7, 11) is -4.16. The number of sulfonamides is 1. The smallest absolute Gasteiger partial charge is 0.408 e. The van der Waals surface area contributed by atoms with Crippen molar-refractivity contribution in [2.75, 3.05) is 19.7 Å². The molecule has 50 heavy (non-hydrogen) atoms. The molecule has 0 fully saturated rings. The number of primary amides is 1. The normalized spacial score (nSPS) is 14.3. The number of nitrogens with one attached hydrogen (secondary N) is 1. The summed E-state index contributed by atoms with van der Waals surface area (Å²) in [6.45, 7) is 3.93. The average molecular weight is 712 g/mol. The fraction of sp³-hybridized carbons (Fsp3) is 0.371. The Morgan fingerprint density at radius 1 is 0.920 bits per heavy atom. The van der Waals surface area contributed by atoms with Crippen molar-refractivity contribution in [1.29, 1.82) is 0 Å². The SMILES string of the molecule is CC(C)CN(C[C@@H](O)[C@H](Cc1ccccc1)NC(=O)[C@H]([C@@H](C)OCC(N)=O)N(Cc1ccccc1)C(=O)O)S(=O)(=O)c1ccc(C=NO)cc1. The summed E-state index contributed by atoms with van der Waals surface area (Å²) in [5.41, 5.74) is 7.03. The lowest BCUT2D eigenvalue weighted by Gasteiger charge is -2.35. The molecule has 4 atom stereocenters. The number of hydrogen-bond donors (Lipinski definition) is 5. The zero-order valence-electron chi connectivity index (χ0n) is 28.2. The first-order valence-corrected chi connectivity index (χ1v) is 17.4. The molecule has 0 heterocycles. The van der Waals surface area contributed by atoms with Crippen molar-refractivity contribution in [1.82, 2.24) is 14.5 Å².